The molecule has 2 atom stereocenters. The van der Waals surface area contributed by atoms with Crippen molar-refractivity contribution in [3.8, 4) is 0 Å². The molecule has 76 valence electrons. The van der Waals surface area contributed by atoms with Crippen LogP contribution in [0.5, 0.6) is 0 Å². The smallest absolute Gasteiger partial charge is 0.227 e. The Hall–Kier alpha value is -1.29. The number of carbonyl (C=O) groups is 1. The number of nitrogens with zero attached hydrogens (tertiary/aromatic N) is 1. The summed E-state index contributed by atoms with van der Waals surface area (Å²) in [4.78, 5) is 13.3. The van der Waals surface area contributed by atoms with Gasteiger partial charge in [-0.15, -0.1) is 0 Å². The zero-order valence-electron chi connectivity index (χ0n) is 8.14. The average Bonchev–Trinajstić information content (AvgIpc) is 2.65. The topological polar surface area (TPSA) is 59.5 Å². The molecule has 1 heterocycles. The molecule has 2 rings (SSSR count). The van der Waals surface area contributed by atoms with Gasteiger partial charge in [0.25, 0.3) is 0 Å². The summed E-state index contributed by atoms with van der Waals surface area (Å²) in [5.41, 5.74) is 5.61. The summed E-state index contributed by atoms with van der Waals surface area (Å²) in [6.45, 7) is 0.523. The molecular weight excluding hydrogens is 180 g/mol. The molecule has 0 aliphatic heterocycles. The number of furan rings is 1. The number of amides is 1. The summed E-state index contributed by atoms with van der Waals surface area (Å²) in [7, 11) is 1.77. The monoisotopic (exact) mass is 194 g/mol. The van der Waals surface area contributed by atoms with Crippen LogP contribution in [0, 0.1) is 5.92 Å². The van der Waals surface area contributed by atoms with Gasteiger partial charge >= 0.3 is 0 Å². The maximum atomic E-state index is 11.6. The van der Waals surface area contributed by atoms with Gasteiger partial charge in [-0.05, 0) is 18.6 Å². The van der Waals surface area contributed by atoms with Crippen LogP contribution in [-0.2, 0) is 11.3 Å². The molecule has 4 heteroatoms. The second-order valence-electron chi connectivity index (χ2n) is 3.78. The van der Waals surface area contributed by atoms with Crippen LogP contribution < -0.4 is 5.73 Å². The fourth-order valence-electron chi connectivity index (χ4n) is 1.50. The Labute approximate surface area is 82.7 Å². The highest BCUT2D eigenvalue weighted by Gasteiger charge is 2.41. The lowest BCUT2D eigenvalue weighted by molar-refractivity contribution is -0.132. The molecule has 1 aliphatic carbocycles. The number of carbonyl (C=O) groups excluding carboxylic acids is 1. The van der Waals surface area contributed by atoms with Crippen molar-refractivity contribution in [2.45, 2.75) is 19.0 Å². The van der Waals surface area contributed by atoms with E-state index in [-0.39, 0.29) is 17.9 Å². The summed E-state index contributed by atoms with van der Waals surface area (Å²) < 4.78 is 5.16. The van der Waals surface area contributed by atoms with Crippen LogP contribution in [0.25, 0.3) is 0 Å². The molecule has 1 saturated carbocycles. The Morgan fingerprint density at radius 1 is 1.79 bits per heavy atom. The molecule has 1 aromatic rings. The molecule has 0 spiro atoms. The van der Waals surface area contributed by atoms with E-state index in [0.29, 0.717) is 6.54 Å². The molecule has 1 aromatic heterocycles. The summed E-state index contributed by atoms with van der Waals surface area (Å²) in [6, 6.07) is 3.74. The van der Waals surface area contributed by atoms with Gasteiger partial charge in [0.1, 0.15) is 5.76 Å². The average molecular weight is 194 g/mol. The fraction of sp³-hybridized carbons (Fsp3) is 0.500. The van der Waals surface area contributed by atoms with E-state index >= 15 is 0 Å². The minimum absolute atomic E-state index is 0.0370. The second-order valence-corrected chi connectivity index (χ2v) is 3.78. The molecule has 1 amide bonds. The second kappa shape index (κ2) is 3.46. The SMILES string of the molecule is CN(Cc1ccco1)C(=O)C1CC1N. The van der Waals surface area contributed by atoms with Crippen molar-refractivity contribution in [3.63, 3.8) is 0 Å². The van der Waals surface area contributed by atoms with Gasteiger partial charge in [0, 0.05) is 13.1 Å². The largest absolute Gasteiger partial charge is 0.467 e. The van der Waals surface area contributed by atoms with Crippen molar-refractivity contribution >= 4 is 5.91 Å². The van der Waals surface area contributed by atoms with E-state index in [2.05, 4.69) is 0 Å². The quantitative estimate of drug-likeness (QED) is 0.766. The first-order valence-electron chi connectivity index (χ1n) is 4.71. The van der Waals surface area contributed by atoms with Gasteiger partial charge in [0.15, 0.2) is 0 Å². The van der Waals surface area contributed by atoms with Crippen LogP contribution in [0.3, 0.4) is 0 Å². The predicted octanol–water partition coefficient (Wildman–Crippen LogP) is 0.585. The van der Waals surface area contributed by atoms with Gasteiger partial charge in [-0.1, -0.05) is 0 Å². The molecule has 4 nitrogen and oxygen atoms in total. The standard InChI is InChI=1S/C10H14N2O2/c1-12(6-7-3-2-4-14-7)10(13)8-5-9(8)11/h2-4,8-9H,5-6,11H2,1H3. The van der Waals surface area contributed by atoms with Crippen molar-refractivity contribution in [3.05, 3.63) is 24.2 Å². The van der Waals surface area contributed by atoms with Crippen LogP contribution >= 0.6 is 0 Å². The summed E-state index contributed by atoms with van der Waals surface area (Å²) in [6.07, 6.45) is 2.43. The zero-order valence-corrected chi connectivity index (χ0v) is 8.14. The van der Waals surface area contributed by atoms with Crippen LogP contribution in [0.1, 0.15) is 12.2 Å². The maximum Gasteiger partial charge on any atom is 0.227 e. The molecular formula is C10H14N2O2. The van der Waals surface area contributed by atoms with Crippen molar-refractivity contribution in [2.75, 3.05) is 7.05 Å². The Morgan fingerprint density at radius 3 is 3.00 bits per heavy atom. The van der Waals surface area contributed by atoms with Crippen LogP contribution in [0.2, 0.25) is 0 Å². The summed E-state index contributed by atoms with van der Waals surface area (Å²) in [5.74, 6) is 0.957. The van der Waals surface area contributed by atoms with Gasteiger partial charge in [0.05, 0.1) is 18.7 Å². The van der Waals surface area contributed by atoms with E-state index in [1.165, 1.54) is 0 Å². The Kier molecular flexibility index (Phi) is 2.29. The van der Waals surface area contributed by atoms with E-state index in [1.54, 1.807) is 18.2 Å². The molecule has 14 heavy (non-hydrogen) atoms. The predicted molar refractivity (Wildman–Crippen MR) is 51.3 cm³/mol. The van der Waals surface area contributed by atoms with E-state index in [4.69, 9.17) is 10.2 Å². The van der Waals surface area contributed by atoms with Crippen molar-refractivity contribution in [1.82, 2.24) is 4.90 Å². The maximum absolute atomic E-state index is 11.6. The van der Waals surface area contributed by atoms with Crippen LogP contribution in [-0.4, -0.2) is 23.9 Å². The molecule has 1 aliphatic rings. The van der Waals surface area contributed by atoms with E-state index in [9.17, 15) is 4.79 Å². The number of hydrogen-bond donors (Lipinski definition) is 1. The third-order valence-electron chi connectivity index (χ3n) is 2.51. The highest BCUT2D eigenvalue weighted by atomic mass is 16.3. The minimum Gasteiger partial charge on any atom is -0.467 e. The lowest BCUT2D eigenvalue weighted by Crippen LogP contribution is -2.29. The van der Waals surface area contributed by atoms with Crippen molar-refractivity contribution < 1.29 is 9.21 Å². The molecule has 0 bridgehead atoms. The fourth-order valence-corrected chi connectivity index (χ4v) is 1.50. The first kappa shape index (κ1) is 9.27. The zero-order chi connectivity index (χ0) is 10.1. The number of nitrogens with two attached hydrogens (primary N) is 1. The third-order valence-corrected chi connectivity index (χ3v) is 2.51. The highest BCUT2D eigenvalue weighted by molar-refractivity contribution is 5.82. The summed E-state index contributed by atoms with van der Waals surface area (Å²) in [5, 5.41) is 0. The van der Waals surface area contributed by atoms with Crippen LogP contribution in [0.15, 0.2) is 22.8 Å². The van der Waals surface area contributed by atoms with Crippen molar-refractivity contribution in [2.24, 2.45) is 11.7 Å². The Morgan fingerprint density at radius 2 is 2.50 bits per heavy atom. The van der Waals surface area contributed by atoms with Gasteiger partial charge in [-0.3, -0.25) is 4.79 Å². The Bertz CT molecular complexity index is 321. The molecule has 2 unspecified atom stereocenters. The van der Waals surface area contributed by atoms with Crippen LogP contribution in [0.4, 0.5) is 0 Å². The molecule has 2 N–H and O–H groups in total. The first-order chi connectivity index (χ1) is 6.68. The summed E-state index contributed by atoms with van der Waals surface area (Å²) >= 11 is 0. The normalized spacial score (nSPS) is 24.7. The van der Waals surface area contributed by atoms with Crippen molar-refractivity contribution in [1.29, 1.82) is 0 Å². The Balaban J connectivity index is 1.89. The van der Waals surface area contributed by atoms with Gasteiger partial charge in [-0.25, -0.2) is 0 Å². The molecule has 0 radical (unpaired) electrons. The van der Waals surface area contributed by atoms with E-state index in [1.807, 2.05) is 12.1 Å². The highest BCUT2D eigenvalue weighted by Crippen LogP contribution is 2.29. The lowest BCUT2D eigenvalue weighted by Gasteiger charge is -2.15. The van der Waals surface area contributed by atoms with Gasteiger partial charge in [0.2, 0.25) is 5.91 Å². The molecule has 1 fully saturated rings. The van der Waals surface area contributed by atoms with Gasteiger partial charge in [-0.2, -0.15) is 0 Å². The molecule has 0 saturated heterocycles. The lowest BCUT2D eigenvalue weighted by atomic mass is 10.3. The third kappa shape index (κ3) is 1.80. The minimum atomic E-state index is 0.0370. The van der Waals surface area contributed by atoms with Gasteiger partial charge < -0.3 is 15.1 Å². The van der Waals surface area contributed by atoms with E-state index < -0.39 is 0 Å². The first-order valence-corrected chi connectivity index (χ1v) is 4.71. The number of hydrogen-bond acceptors (Lipinski definition) is 3. The molecule has 0 aromatic carbocycles. The number of rotatable bonds is 3. The van der Waals surface area contributed by atoms with E-state index in [0.717, 1.165) is 12.2 Å².